The Morgan fingerprint density at radius 1 is 0.636 bits per heavy atom. The molecule has 0 N–H and O–H groups in total. The predicted octanol–water partition coefficient (Wildman–Crippen LogP) is 2.21. The van der Waals surface area contributed by atoms with Crippen molar-refractivity contribution in [3.8, 4) is 0 Å². The lowest BCUT2D eigenvalue weighted by Gasteiger charge is -2.22. The molecule has 0 aromatic rings. The molecule has 0 spiro atoms. The Morgan fingerprint density at radius 3 is 1.45 bits per heavy atom. The summed E-state index contributed by atoms with van der Waals surface area (Å²) < 4.78 is 6.47. The zero-order valence-electron chi connectivity index (χ0n) is 13.5. The van der Waals surface area contributed by atoms with Crippen molar-refractivity contribution in [2.24, 2.45) is 0 Å². The molecule has 0 unspecified atom stereocenters. The van der Waals surface area contributed by atoms with E-state index in [0.717, 1.165) is 47.7 Å². The monoisotopic (exact) mass is 378 g/mol. The second kappa shape index (κ2) is 9.88. The van der Waals surface area contributed by atoms with Gasteiger partial charge in [0.05, 0.1) is 0 Å². The minimum atomic E-state index is 0.863. The van der Waals surface area contributed by atoms with E-state index in [2.05, 4.69) is 32.5 Å². The van der Waals surface area contributed by atoms with Crippen molar-refractivity contribution in [1.82, 2.24) is 18.4 Å². The number of nitrogens with zero attached hydrogens (tertiary/aromatic N) is 4. The first-order valence-corrected chi connectivity index (χ1v) is 10.2. The topological polar surface area (TPSA) is 13.0 Å². The standard InChI is InChI=1S/C14H26N4S4/c1-15-5-3-7-17(11-9-15)21-13(19)14(20)22-18-8-4-6-16(2)10-12-18/h3-12H2,1-2H3. The van der Waals surface area contributed by atoms with Crippen LogP contribution >= 0.6 is 48.3 Å². The second-order valence-electron chi connectivity index (χ2n) is 5.93. The summed E-state index contributed by atoms with van der Waals surface area (Å²) in [5.74, 6) is 0. The van der Waals surface area contributed by atoms with Crippen molar-refractivity contribution in [2.45, 2.75) is 12.8 Å². The Kier molecular flexibility index (Phi) is 8.56. The first-order chi connectivity index (χ1) is 10.5. The van der Waals surface area contributed by atoms with E-state index in [4.69, 9.17) is 24.4 Å². The lowest BCUT2D eigenvalue weighted by Crippen LogP contribution is -2.27. The average Bonchev–Trinajstić information content (AvgIpc) is 2.80. The van der Waals surface area contributed by atoms with Gasteiger partial charge in [0.15, 0.2) is 0 Å². The van der Waals surface area contributed by atoms with Crippen LogP contribution in [0.25, 0.3) is 0 Å². The summed E-state index contributed by atoms with van der Waals surface area (Å²) in [5.41, 5.74) is 0. The van der Waals surface area contributed by atoms with E-state index in [-0.39, 0.29) is 0 Å². The number of thiocarbonyl (C=S) groups is 2. The summed E-state index contributed by atoms with van der Waals surface area (Å²) in [5, 5.41) is 0. The molecule has 2 heterocycles. The average molecular weight is 379 g/mol. The molecule has 2 fully saturated rings. The maximum Gasteiger partial charge on any atom is 0.112 e. The number of rotatable bonds is 2. The Labute approximate surface area is 154 Å². The summed E-state index contributed by atoms with van der Waals surface area (Å²) in [7, 11) is 4.37. The third kappa shape index (κ3) is 6.68. The van der Waals surface area contributed by atoms with E-state index < -0.39 is 0 Å². The minimum Gasteiger partial charge on any atom is -0.305 e. The molecule has 0 bridgehead atoms. The van der Waals surface area contributed by atoms with Crippen LogP contribution in [0.2, 0.25) is 0 Å². The maximum atomic E-state index is 5.57. The molecule has 2 aliphatic rings. The van der Waals surface area contributed by atoms with Crippen LogP contribution in [0, 0.1) is 0 Å². The molecule has 8 heteroatoms. The zero-order valence-corrected chi connectivity index (χ0v) is 16.8. The van der Waals surface area contributed by atoms with E-state index in [1.54, 1.807) is 23.9 Å². The number of hydrogen-bond donors (Lipinski definition) is 0. The van der Waals surface area contributed by atoms with Crippen molar-refractivity contribution < 1.29 is 0 Å². The summed E-state index contributed by atoms with van der Waals surface area (Å²) in [4.78, 5) is 4.76. The molecule has 2 rings (SSSR count). The van der Waals surface area contributed by atoms with Crippen molar-refractivity contribution in [1.29, 1.82) is 0 Å². The molecule has 0 amide bonds. The Bertz CT molecular complexity index is 357. The van der Waals surface area contributed by atoms with Gasteiger partial charge in [-0.15, -0.1) is 0 Å². The van der Waals surface area contributed by atoms with Gasteiger partial charge in [-0.2, -0.15) is 0 Å². The summed E-state index contributed by atoms with van der Waals surface area (Å²) >= 11 is 14.5. The van der Waals surface area contributed by atoms with Gasteiger partial charge in [-0.25, -0.2) is 8.61 Å². The molecule has 4 nitrogen and oxygen atoms in total. The molecular weight excluding hydrogens is 352 g/mol. The van der Waals surface area contributed by atoms with Gasteiger partial charge in [-0.1, -0.05) is 24.4 Å². The summed E-state index contributed by atoms with van der Waals surface area (Å²) in [6.45, 7) is 8.86. The molecular formula is C14H26N4S4. The molecule has 0 aromatic heterocycles. The molecule has 2 saturated heterocycles. The lowest BCUT2D eigenvalue weighted by atomic mass is 10.4. The van der Waals surface area contributed by atoms with Crippen LogP contribution in [-0.2, 0) is 0 Å². The SMILES string of the molecule is CN1CCCN(SC(=S)C(=S)SN2CCCN(C)CC2)CC1. The van der Waals surface area contributed by atoms with Crippen LogP contribution in [0.3, 0.4) is 0 Å². The fraction of sp³-hybridized carbons (Fsp3) is 0.857. The van der Waals surface area contributed by atoms with Crippen LogP contribution in [0.4, 0.5) is 0 Å². The fourth-order valence-electron chi connectivity index (χ4n) is 2.54. The van der Waals surface area contributed by atoms with Gasteiger partial charge >= 0.3 is 0 Å². The Balaban J connectivity index is 1.75. The van der Waals surface area contributed by atoms with Gasteiger partial charge in [-0.05, 0) is 63.9 Å². The third-order valence-corrected chi connectivity index (χ3v) is 7.31. The second-order valence-corrected chi connectivity index (χ2v) is 9.48. The highest BCUT2D eigenvalue weighted by molar-refractivity contribution is 8.35. The van der Waals surface area contributed by atoms with E-state index in [1.807, 2.05) is 0 Å². The normalized spacial score (nSPS) is 23.9. The lowest BCUT2D eigenvalue weighted by molar-refractivity contribution is 0.352. The van der Waals surface area contributed by atoms with E-state index in [0.29, 0.717) is 0 Å². The van der Waals surface area contributed by atoms with Crippen LogP contribution in [0.1, 0.15) is 12.8 Å². The zero-order chi connectivity index (χ0) is 15.9. The maximum absolute atomic E-state index is 5.57. The molecule has 2 aliphatic heterocycles. The van der Waals surface area contributed by atoms with E-state index >= 15 is 0 Å². The highest BCUT2D eigenvalue weighted by Gasteiger charge is 2.20. The molecule has 0 radical (unpaired) electrons. The number of hydrogen-bond acceptors (Lipinski definition) is 8. The van der Waals surface area contributed by atoms with Gasteiger partial charge in [0.1, 0.15) is 8.39 Å². The molecule has 0 aliphatic carbocycles. The van der Waals surface area contributed by atoms with Crippen molar-refractivity contribution in [3.05, 3.63) is 0 Å². The van der Waals surface area contributed by atoms with Gasteiger partial charge in [-0.3, -0.25) is 0 Å². The van der Waals surface area contributed by atoms with Crippen molar-refractivity contribution in [3.63, 3.8) is 0 Å². The minimum absolute atomic E-state index is 0.863. The molecule has 126 valence electrons. The van der Waals surface area contributed by atoms with Crippen LogP contribution in [0.5, 0.6) is 0 Å². The van der Waals surface area contributed by atoms with Gasteiger partial charge in [0.2, 0.25) is 0 Å². The van der Waals surface area contributed by atoms with Crippen LogP contribution in [-0.4, -0.2) is 93.3 Å². The van der Waals surface area contributed by atoms with Gasteiger partial charge < -0.3 is 9.80 Å². The van der Waals surface area contributed by atoms with Crippen molar-refractivity contribution in [2.75, 3.05) is 66.5 Å². The number of likely N-dealkylation sites (N-methyl/N-ethyl adjacent to an activating group) is 2. The fourth-order valence-corrected chi connectivity index (χ4v) is 5.02. The Morgan fingerprint density at radius 2 is 1.05 bits per heavy atom. The highest BCUT2D eigenvalue weighted by atomic mass is 32.2. The van der Waals surface area contributed by atoms with Gasteiger partial charge in [0.25, 0.3) is 0 Å². The van der Waals surface area contributed by atoms with Crippen LogP contribution in [0.15, 0.2) is 0 Å². The third-order valence-electron chi connectivity index (χ3n) is 3.95. The quantitative estimate of drug-likeness (QED) is 0.529. The van der Waals surface area contributed by atoms with Crippen LogP contribution < -0.4 is 0 Å². The first-order valence-electron chi connectivity index (χ1n) is 7.86. The van der Waals surface area contributed by atoms with E-state index in [9.17, 15) is 0 Å². The molecule has 0 atom stereocenters. The van der Waals surface area contributed by atoms with Crippen molar-refractivity contribution >= 4 is 56.7 Å². The summed E-state index contributed by atoms with van der Waals surface area (Å²) in [6, 6.07) is 0. The predicted molar refractivity (Wildman–Crippen MR) is 108 cm³/mol. The molecule has 0 aromatic carbocycles. The molecule has 22 heavy (non-hydrogen) atoms. The molecule has 0 saturated carbocycles. The smallest absolute Gasteiger partial charge is 0.112 e. The van der Waals surface area contributed by atoms with E-state index in [1.165, 1.54) is 25.9 Å². The summed E-state index contributed by atoms with van der Waals surface area (Å²) in [6.07, 6.45) is 2.40. The largest absolute Gasteiger partial charge is 0.305 e. The van der Waals surface area contributed by atoms with Gasteiger partial charge in [0, 0.05) is 39.3 Å². The Hall–Kier alpha value is 0.720. The first kappa shape index (κ1) is 19.1. The highest BCUT2D eigenvalue weighted by Crippen LogP contribution is 2.23.